The number of hydrogen-bond donors (Lipinski definition) is 1. The Bertz CT molecular complexity index is 276. The molecule has 0 aliphatic carbocycles. The molecule has 12 heavy (non-hydrogen) atoms. The van der Waals surface area contributed by atoms with Crippen LogP contribution in [0.5, 0.6) is 0 Å². The molecule has 5 heteroatoms. The molecule has 1 rings (SSSR count). The van der Waals surface area contributed by atoms with Crippen LogP contribution in [0.3, 0.4) is 0 Å². The van der Waals surface area contributed by atoms with E-state index in [1.165, 1.54) is 0 Å². The summed E-state index contributed by atoms with van der Waals surface area (Å²) in [5.41, 5.74) is 0. The topological polar surface area (TPSA) is 37.3 Å². The number of aliphatic carboxylic acids is 1. The molecule has 1 heterocycles. The molecule has 0 amide bonds. The van der Waals surface area contributed by atoms with Gasteiger partial charge in [0.15, 0.2) is 0 Å². The van der Waals surface area contributed by atoms with E-state index in [2.05, 4.69) is 31.9 Å². The number of thiophene rings is 1. The predicted octanol–water partition coefficient (Wildman–Crippen LogP) is 3.29. The Balaban J connectivity index is 2.58. The SMILES string of the molecule is O=C(O)CCc1cc(Br)c(Br)s1. The molecule has 2 nitrogen and oxygen atoms in total. The van der Waals surface area contributed by atoms with Gasteiger partial charge < -0.3 is 5.11 Å². The molecule has 66 valence electrons. The Morgan fingerprint density at radius 2 is 2.25 bits per heavy atom. The van der Waals surface area contributed by atoms with E-state index in [1.807, 2.05) is 6.07 Å². The third-order valence-electron chi connectivity index (χ3n) is 1.28. The van der Waals surface area contributed by atoms with E-state index >= 15 is 0 Å². The van der Waals surface area contributed by atoms with E-state index in [9.17, 15) is 4.79 Å². The second kappa shape index (κ2) is 4.39. The molecule has 0 aromatic carbocycles. The van der Waals surface area contributed by atoms with E-state index in [0.717, 1.165) is 13.1 Å². The van der Waals surface area contributed by atoms with Crippen molar-refractivity contribution < 1.29 is 9.90 Å². The standard InChI is InChI=1S/C7H6Br2O2S/c8-5-3-4(12-7(5)9)1-2-6(10)11/h3H,1-2H2,(H,10,11). The summed E-state index contributed by atoms with van der Waals surface area (Å²) in [5, 5.41) is 8.43. The van der Waals surface area contributed by atoms with Crippen molar-refractivity contribution in [1.29, 1.82) is 0 Å². The van der Waals surface area contributed by atoms with Crippen LogP contribution >= 0.6 is 43.2 Å². The number of carboxylic acid groups (broad SMARTS) is 1. The van der Waals surface area contributed by atoms with Crippen LogP contribution < -0.4 is 0 Å². The highest BCUT2D eigenvalue weighted by Crippen LogP contribution is 2.32. The Morgan fingerprint density at radius 1 is 1.58 bits per heavy atom. The Labute approximate surface area is 90.9 Å². The van der Waals surface area contributed by atoms with E-state index < -0.39 is 5.97 Å². The molecule has 0 bridgehead atoms. The van der Waals surface area contributed by atoms with Crippen molar-refractivity contribution in [2.75, 3.05) is 0 Å². The van der Waals surface area contributed by atoms with Crippen LogP contribution in [0.4, 0.5) is 0 Å². The summed E-state index contributed by atoms with van der Waals surface area (Å²) in [6, 6.07) is 1.94. The molecule has 0 aliphatic heterocycles. The molecular formula is C7H6Br2O2S. The highest BCUT2D eigenvalue weighted by atomic mass is 79.9. The summed E-state index contributed by atoms with van der Waals surface area (Å²) in [7, 11) is 0. The molecule has 1 aromatic heterocycles. The normalized spacial score (nSPS) is 10.2. The first-order chi connectivity index (χ1) is 5.59. The van der Waals surface area contributed by atoms with Crippen molar-refractivity contribution in [2.24, 2.45) is 0 Å². The van der Waals surface area contributed by atoms with Crippen molar-refractivity contribution >= 4 is 49.2 Å². The van der Waals surface area contributed by atoms with Gasteiger partial charge in [0.1, 0.15) is 0 Å². The summed E-state index contributed by atoms with van der Waals surface area (Å²) in [5.74, 6) is -0.754. The number of carbonyl (C=O) groups is 1. The van der Waals surface area contributed by atoms with Crippen molar-refractivity contribution in [3.05, 3.63) is 19.2 Å². The fraction of sp³-hybridized carbons (Fsp3) is 0.286. The highest BCUT2D eigenvalue weighted by molar-refractivity contribution is 9.13. The minimum atomic E-state index is -0.754. The van der Waals surface area contributed by atoms with Gasteiger partial charge in [-0.15, -0.1) is 11.3 Å². The van der Waals surface area contributed by atoms with Gasteiger partial charge in [-0.3, -0.25) is 4.79 Å². The zero-order valence-electron chi connectivity index (χ0n) is 6.01. The van der Waals surface area contributed by atoms with Crippen LogP contribution in [0, 0.1) is 0 Å². The van der Waals surface area contributed by atoms with E-state index in [1.54, 1.807) is 11.3 Å². The van der Waals surface area contributed by atoms with Crippen LogP contribution in [-0.4, -0.2) is 11.1 Å². The van der Waals surface area contributed by atoms with Gasteiger partial charge in [0, 0.05) is 9.35 Å². The zero-order chi connectivity index (χ0) is 9.14. The molecule has 0 aliphatic rings. The number of carboxylic acids is 1. The molecule has 0 unspecified atom stereocenters. The smallest absolute Gasteiger partial charge is 0.303 e. The second-order valence-electron chi connectivity index (χ2n) is 2.23. The fourth-order valence-electron chi connectivity index (χ4n) is 0.745. The van der Waals surface area contributed by atoms with Crippen LogP contribution in [-0.2, 0) is 11.2 Å². The summed E-state index contributed by atoms with van der Waals surface area (Å²) < 4.78 is 2.01. The maximum atomic E-state index is 10.2. The Kier molecular flexibility index (Phi) is 3.74. The van der Waals surface area contributed by atoms with Gasteiger partial charge in [0.05, 0.1) is 10.2 Å². The lowest BCUT2D eigenvalue weighted by atomic mass is 10.3. The molecule has 0 saturated heterocycles. The van der Waals surface area contributed by atoms with Crippen LogP contribution in [0.15, 0.2) is 14.3 Å². The maximum absolute atomic E-state index is 10.2. The van der Waals surface area contributed by atoms with Gasteiger partial charge in [-0.1, -0.05) is 0 Å². The first kappa shape index (κ1) is 10.2. The van der Waals surface area contributed by atoms with E-state index in [0.29, 0.717) is 6.42 Å². The van der Waals surface area contributed by atoms with Crippen molar-refractivity contribution in [2.45, 2.75) is 12.8 Å². The first-order valence-corrected chi connectivity index (χ1v) is 5.65. The summed E-state index contributed by atoms with van der Waals surface area (Å²) >= 11 is 8.25. The summed E-state index contributed by atoms with van der Waals surface area (Å²) in [4.78, 5) is 11.3. The highest BCUT2D eigenvalue weighted by Gasteiger charge is 2.05. The summed E-state index contributed by atoms with van der Waals surface area (Å²) in [6.07, 6.45) is 0.795. The largest absolute Gasteiger partial charge is 0.481 e. The zero-order valence-corrected chi connectivity index (χ0v) is 10.00. The molecule has 0 atom stereocenters. The molecule has 0 radical (unpaired) electrons. The Hall–Kier alpha value is 0.130. The lowest BCUT2D eigenvalue weighted by Gasteiger charge is -1.89. The molecule has 0 spiro atoms. The average molecular weight is 314 g/mol. The van der Waals surface area contributed by atoms with Crippen LogP contribution in [0.25, 0.3) is 0 Å². The fourth-order valence-corrected chi connectivity index (χ4v) is 2.92. The van der Waals surface area contributed by atoms with Crippen LogP contribution in [0.1, 0.15) is 11.3 Å². The van der Waals surface area contributed by atoms with Crippen LogP contribution in [0.2, 0.25) is 0 Å². The molecule has 0 fully saturated rings. The minimum Gasteiger partial charge on any atom is -0.481 e. The average Bonchev–Trinajstić information content (AvgIpc) is 2.28. The van der Waals surface area contributed by atoms with Crippen molar-refractivity contribution in [1.82, 2.24) is 0 Å². The molecule has 1 N–H and O–H groups in total. The monoisotopic (exact) mass is 312 g/mol. The minimum absolute atomic E-state index is 0.194. The third-order valence-corrected chi connectivity index (χ3v) is 4.60. The van der Waals surface area contributed by atoms with E-state index in [4.69, 9.17) is 5.11 Å². The molecular weight excluding hydrogens is 308 g/mol. The third kappa shape index (κ3) is 2.88. The van der Waals surface area contributed by atoms with Gasteiger partial charge in [0.25, 0.3) is 0 Å². The van der Waals surface area contributed by atoms with Gasteiger partial charge >= 0.3 is 5.97 Å². The predicted molar refractivity (Wildman–Crippen MR) is 55.7 cm³/mol. The second-order valence-corrected chi connectivity index (χ2v) is 5.54. The number of hydrogen-bond acceptors (Lipinski definition) is 2. The lowest BCUT2D eigenvalue weighted by molar-refractivity contribution is -0.136. The van der Waals surface area contributed by atoms with Gasteiger partial charge in [-0.2, -0.15) is 0 Å². The quantitative estimate of drug-likeness (QED) is 0.929. The molecule has 0 saturated carbocycles. The number of aryl methyl sites for hydroxylation is 1. The van der Waals surface area contributed by atoms with Gasteiger partial charge in [0.2, 0.25) is 0 Å². The molecule has 1 aromatic rings. The lowest BCUT2D eigenvalue weighted by Crippen LogP contribution is -1.95. The van der Waals surface area contributed by atoms with Crippen molar-refractivity contribution in [3.8, 4) is 0 Å². The maximum Gasteiger partial charge on any atom is 0.303 e. The Morgan fingerprint density at radius 3 is 2.67 bits per heavy atom. The van der Waals surface area contributed by atoms with Crippen molar-refractivity contribution in [3.63, 3.8) is 0 Å². The van der Waals surface area contributed by atoms with Gasteiger partial charge in [-0.25, -0.2) is 0 Å². The van der Waals surface area contributed by atoms with E-state index in [-0.39, 0.29) is 6.42 Å². The number of halogens is 2. The number of rotatable bonds is 3. The first-order valence-electron chi connectivity index (χ1n) is 3.25. The van der Waals surface area contributed by atoms with Gasteiger partial charge in [-0.05, 0) is 44.3 Å². The summed E-state index contributed by atoms with van der Waals surface area (Å²) in [6.45, 7) is 0.